The van der Waals surface area contributed by atoms with Crippen LogP contribution in [0.25, 0.3) is 0 Å². The average molecular weight is 170 g/mol. The van der Waals surface area contributed by atoms with Crippen LogP contribution in [0.4, 0.5) is 0 Å². The lowest BCUT2D eigenvalue weighted by Gasteiger charge is -2.29. The second kappa shape index (κ2) is 3.41. The summed E-state index contributed by atoms with van der Waals surface area (Å²) in [4.78, 5) is 16.1. The molecule has 1 atom stereocenters. The molecule has 0 amide bonds. The first-order valence-electron chi connectivity index (χ1n) is 4.54. The van der Waals surface area contributed by atoms with Crippen LogP contribution in [-0.2, 0) is 9.63 Å². The van der Waals surface area contributed by atoms with Gasteiger partial charge in [0.1, 0.15) is 0 Å². The van der Waals surface area contributed by atoms with Crippen molar-refractivity contribution in [3.8, 4) is 0 Å². The summed E-state index contributed by atoms with van der Waals surface area (Å²) in [7, 11) is 0. The lowest BCUT2D eigenvalue weighted by Crippen LogP contribution is -2.42. The topological polar surface area (TPSA) is 41.6 Å². The van der Waals surface area contributed by atoms with Crippen molar-refractivity contribution in [2.75, 3.05) is 19.6 Å². The fraction of sp³-hybridized carbons (Fsp3) is 0.875. The molecule has 0 saturated carbocycles. The van der Waals surface area contributed by atoms with E-state index in [1.54, 1.807) is 0 Å². The van der Waals surface area contributed by atoms with Gasteiger partial charge in [-0.1, -0.05) is 0 Å². The van der Waals surface area contributed by atoms with Crippen LogP contribution < -0.4 is 5.32 Å². The van der Waals surface area contributed by atoms with E-state index in [0.29, 0.717) is 12.5 Å². The van der Waals surface area contributed by atoms with Crippen LogP contribution in [-0.4, -0.2) is 36.7 Å². The van der Waals surface area contributed by atoms with E-state index in [4.69, 9.17) is 4.84 Å². The Morgan fingerprint density at radius 1 is 1.58 bits per heavy atom. The first kappa shape index (κ1) is 8.01. The predicted molar refractivity (Wildman–Crippen MR) is 43.3 cm³/mol. The van der Waals surface area contributed by atoms with Crippen LogP contribution in [0.5, 0.6) is 0 Å². The molecular formula is C8H14N2O2. The lowest BCUT2D eigenvalue weighted by atomic mass is 10.2. The van der Waals surface area contributed by atoms with Gasteiger partial charge in [0.25, 0.3) is 0 Å². The Morgan fingerprint density at radius 3 is 3.17 bits per heavy atom. The Kier molecular flexibility index (Phi) is 2.28. The van der Waals surface area contributed by atoms with Gasteiger partial charge in [0.15, 0.2) is 0 Å². The summed E-state index contributed by atoms with van der Waals surface area (Å²) in [5, 5.41) is 5.09. The van der Waals surface area contributed by atoms with Crippen molar-refractivity contribution in [3.63, 3.8) is 0 Å². The van der Waals surface area contributed by atoms with Gasteiger partial charge >= 0.3 is 5.97 Å². The Bertz CT molecular complexity index is 178. The lowest BCUT2D eigenvalue weighted by molar-refractivity contribution is -0.210. The molecule has 2 aliphatic heterocycles. The SMILES string of the molecule is O=C1CCCN(C2CCNC2)O1. The van der Waals surface area contributed by atoms with E-state index in [2.05, 4.69) is 5.32 Å². The molecule has 0 spiro atoms. The number of nitrogens with zero attached hydrogens (tertiary/aromatic N) is 1. The highest BCUT2D eigenvalue weighted by atomic mass is 16.7. The maximum atomic E-state index is 10.9. The zero-order valence-corrected chi connectivity index (χ0v) is 7.08. The van der Waals surface area contributed by atoms with Crippen LogP contribution in [0.3, 0.4) is 0 Å². The number of rotatable bonds is 1. The first-order chi connectivity index (χ1) is 5.86. The van der Waals surface area contributed by atoms with E-state index in [1.165, 1.54) is 0 Å². The highest BCUT2D eigenvalue weighted by Crippen LogP contribution is 2.15. The number of carbonyl (C=O) groups is 1. The second-order valence-electron chi connectivity index (χ2n) is 3.35. The van der Waals surface area contributed by atoms with Crippen molar-refractivity contribution < 1.29 is 9.63 Å². The van der Waals surface area contributed by atoms with E-state index in [1.807, 2.05) is 5.06 Å². The summed E-state index contributed by atoms with van der Waals surface area (Å²) in [5.41, 5.74) is 0. The number of hydrogen-bond acceptors (Lipinski definition) is 4. The predicted octanol–water partition coefficient (Wildman–Crippen LogP) is -0.0977. The molecule has 2 heterocycles. The molecule has 1 N–H and O–H groups in total. The summed E-state index contributed by atoms with van der Waals surface area (Å²) in [6.45, 7) is 2.89. The summed E-state index contributed by atoms with van der Waals surface area (Å²) in [5.74, 6) is -0.0758. The van der Waals surface area contributed by atoms with Crippen molar-refractivity contribution in [1.82, 2.24) is 10.4 Å². The molecule has 0 aromatic heterocycles. The monoisotopic (exact) mass is 170 g/mol. The first-order valence-corrected chi connectivity index (χ1v) is 4.54. The van der Waals surface area contributed by atoms with Crippen molar-refractivity contribution in [1.29, 1.82) is 0 Å². The molecule has 2 fully saturated rings. The third-order valence-corrected chi connectivity index (χ3v) is 2.42. The smallest absolute Gasteiger partial charge is 0.325 e. The van der Waals surface area contributed by atoms with Gasteiger partial charge in [-0.25, -0.2) is 0 Å². The Balaban J connectivity index is 1.89. The second-order valence-corrected chi connectivity index (χ2v) is 3.35. The van der Waals surface area contributed by atoms with Crippen LogP contribution in [0.1, 0.15) is 19.3 Å². The number of nitrogens with one attached hydrogen (secondary N) is 1. The molecule has 0 aromatic rings. The van der Waals surface area contributed by atoms with Gasteiger partial charge in [-0.3, -0.25) is 4.79 Å². The van der Waals surface area contributed by atoms with Crippen molar-refractivity contribution in [2.24, 2.45) is 0 Å². The van der Waals surface area contributed by atoms with E-state index >= 15 is 0 Å². The van der Waals surface area contributed by atoms with E-state index < -0.39 is 0 Å². The molecule has 0 aliphatic carbocycles. The van der Waals surface area contributed by atoms with Crippen molar-refractivity contribution in [3.05, 3.63) is 0 Å². The normalized spacial score (nSPS) is 32.0. The molecule has 68 valence electrons. The van der Waals surface area contributed by atoms with Gasteiger partial charge in [-0.05, 0) is 19.4 Å². The quantitative estimate of drug-likeness (QED) is 0.597. The minimum atomic E-state index is -0.0758. The molecule has 0 radical (unpaired) electrons. The zero-order valence-electron chi connectivity index (χ0n) is 7.08. The molecule has 12 heavy (non-hydrogen) atoms. The van der Waals surface area contributed by atoms with Crippen LogP contribution in [0, 0.1) is 0 Å². The standard InChI is InChI=1S/C8H14N2O2/c11-8-2-1-5-10(12-8)7-3-4-9-6-7/h7,9H,1-6H2. The van der Waals surface area contributed by atoms with Crippen LogP contribution >= 0.6 is 0 Å². The maximum absolute atomic E-state index is 10.9. The van der Waals surface area contributed by atoms with Gasteiger partial charge in [0.05, 0.1) is 6.04 Å². The molecule has 0 bridgehead atoms. The summed E-state index contributed by atoms with van der Waals surface area (Å²) < 4.78 is 0. The minimum Gasteiger partial charge on any atom is -0.368 e. The Morgan fingerprint density at radius 2 is 2.50 bits per heavy atom. The summed E-state index contributed by atoms with van der Waals surface area (Å²) >= 11 is 0. The third kappa shape index (κ3) is 1.59. The Hall–Kier alpha value is -0.610. The average Bonchev–Trinajstić information content (AvgIpc) is 2.56. The van der Waals surface area contributed by atoms with Crippen LogP contribution in [0.2, 0.25) is 0 Å². The van der Waals surface area contributed by atoms with Crippen molar-refractivity contribution >= 4 is 5.97 Å². The van der Waals surface area contributed by atoms with E-state index in [-0.39, 0.29) is 5.97 Å². The molecule has 2 rings (SSSR count). The number of hydroxylamine groups is 2. The van der Waals surface area contributed by atoms with Gasteiger partial charge in [0.2, 0.25) is 0 Å². The van der Waals surface area contributed by atoms with Gasteiger partial charge < -0.3 is 10.2 Å². The fourth-order valence-corrected chi connectivity index (χ4v) is 1.74. The molecule has 4 nitrogen and oxygen atoms in total. The Labute approximate surface area is 71.8 Å². The largest absolute Gasteiger partial charge is 0.368 e. The third-order valence-electron chi connectivity index (χ3n) is 2.42. The van der Waals surface area contributed by atoms with Crippen molar-refractivity contribution in [2.45, 2.75) is 25.3 Å². The summed E-state index contributed by atoms with van der Waals surface area (Å²) in [6, 6.07) is 0.411. The fourth-order valence-electron chi connectivity index (χ4n) is 1.74. The molecular weight excluding hydrogens is 156 g/mol. The maximum Gasteiger partial charge on any atom is 0.325 e. The molecule has 0 aromatic carbocycles. The summed E-state index contributed by atoms with van der Waals surface area (Å²) in [6.07, 6.45) is 2.61. The van der Waals surface area contributed by atoms with E-state index in [9.17, 15) is 4.79 Å². The zero-order chi connectivity index (χ0) is 8.39. The molecule has 1 unspecified atom stereocenters. The molecule has 2 aliphatic rings. The highest BCUT2D eigenvalue weighted by molar-refractivity contribution is 5.69. The molecule has 2 saturated heterocycles. The highest BCUT2D eigenvalue weighted by Gasteiger charge is 2.27. The van der Waals surface area contributed by atoms with Crippen LogP contribution in [0.15, 0.2) is 0 Å². The van der Waals surface area contributed by atoms with Gasteiger partial charge in [0, 0.05) is 19.5 Å². The number of hydrogen-bond donors (Lipinski definition) is 1. The number of carbonyl (C=O) groups excluding carboxylic acids is 1. The van der Waals surface area contributed by atoms with Gasteiger partial charge in [-0.15, -0.1) is 5.06 Å². The van der Waals surface area contributed by atoms with E-state index in [0.717, 1.165) is 32.5 Å². The van der Waals surface area contributed by atoms with Gasteiger partial charge in [-0.2, -0.15) is 0 Å². The minimum absolute atomic E-state index is 0.0758. The molecule has 4 heteroatoms.